The highest BCUT2D eigenvalue weighted by Gasteiger charge is 2.39. The molecule has 1 aromatic rings. The average Bonchev–Trinajstić information content (AvgIpc) is 2.87. The molecule has 0 radical (unpaired) electrons. The fourth-order valence-electron chi connectivity index (χ4n) is 1.94. The quantitative estimate of drug-likeness (QED) is 0.866. The lowest BCUT2D eigenvalue weighted by atomic mass is 10.3. The maximum Gasteiger partial charge on any atom is 0.345 e. The van der Waals surface area contributed by atoms with Crippen molar-refractivity contribution < 1.29 is 18.3 Å². The van der Waals surface area contributed by atoms with E-state index in [1.165, 1.54) is 6.07 Å². The van der Waals surface area contributed by atoms with Gasteiger partial charge in [0.2, 0.25) is 10.0 Å². The van der Waals surface area contributed by atoms with Gasteiger partial charge in [-0.2, -0.15) is 0 Å². The molecule has 1 fully saturated rings. The first kappa shape index (κ1) is 13.5. The van der Waals surface area contributed by atoms with Gasteiger partial charge in [-0.05, 0) is 25.3 Å². The first-order chi connectivity index (χ1) is 8.35. The molecule has 1 heterocycles. The van der Waals surface area contributed by atoms with Gasteiger partial charge < -0.3 is 5.11 Å². The number of aromatic carboxylic acids is 1. The van der Waals surface area contributed by atoms with Crippen molar-refractivity contribution in [2.75, 3.05) is 0 Å². The Hall–Kier alpha value is -0.920. The second kappa shape index (κ2) is 4.64. The second-order valence-corrected chi connectivity index (χ2v) is 7.41. The summed E-state index contributed by atoms with van der Waals surface area (Å²) in [4.78, 5) is 11.5. The molecule has 2 atom stereocenters. The molecule has 18 heavy (non-hydrogen) atoms. The highest BCUT2D eigenvalue weighted by Crippen LogP contribution is 2.35. The fourth-order valence-corrected chi connectivity index (χ4v) is 4.69. The summed E-state index contributed by atoms with van der Waals surface area (Å²) in [6, 6.07) is 1.24. The van der Waals surface area contributed by atoms with Gasteiger partial charge in [0.1, 0.15) is 4.88 Å². The number of thiophene rings is 1. The Balaban J connectivity index is 2.22. The van der Waals surface area contributed by atoms with E-state index in [2.05, 4.69) is 4.72 Å². The Kier molecular flexibility index (Phi) is 3.48. The van der Waals surface area contributed by atoms with Crippen molar-refractivity contribution in [1.29, 1.82) is 0 Å². The Morgan fingerprint density at radius 3 is 2.72 bits per heavy atom. The minimum absolute atomic E-state index is 0.00702. The van der Waals surface area contributed by atoms with E-state index in [4.69, 9.17) is 5.11 Å². The lowest BCUT2D eigenvalue weighted by Gasteiger charge is -2.04. The Labute approximate surface area is 110 Å². The number of carbonyl (C=O) groups is 1. The third kappa shape index (κ3) is 2.57. The predicted molar refractivity (Wildman–Crippen MR) is 68.5 cm³/mol. The first-order valence-corrected chi connectivity index (χ1v) is 8.01. The van der Waals surface area contributed by atoms with E-state index in [1.54, 1.807) is 6.92 Å². The summed E-state index contributed by atoms with van der Waals surface area (Å²) in [6.07, 6.45) is 1.82. The maximum atomic E-state index is 12.1. The number of rotatable bonds is 5. The van der Waals surface area contributed by atoms with Gasteiger partial charge in [-0.1, -0.05) is 13.3 Å². The molecule has 1 aliphatic carbocycles. The summed E-state index contributed by atoms with van der Waals surface area (Å²) in [5, 5.41) is 8.86. The van der Waals surface area contributed by atoms with Crippen LogP contribution < -0.4 is 4.72 Å². The van der Waals surface area contributed by atoms with Crippen LogP contribution in [0.3, 0.4) is 0 Å². The fraction of sp³-hybridized carbons (Fsp3) is 0.545. The number of nitrogens with one attached hydrogen (secondary N) is 1. The molecule has 1 aliphatic rings. The van der Waals surface area contributed by atoms with E-state index < -0.39 is 16.0 Å². The van der Waals surface area contributed by atoms with Crippen LogP contribution in [0.25, 0.3) is 0 Å². The second-order valence-electron chi connectivity index (χ2n) is 4.47. The smallest absolute Gasteiger partial charge is 0.345 e. The van der Waals surface area contributed by atoms with Gasteiger partial charge in [-0.25, -0.2) is 17.9 Å². The zero-order valence-corrected chi connectivity index (χ0v) is 11.8. The summed E-state index contributed by atoms with van der Waals surface area (Å²) < 4.78 is 26.8. The normalized spacial score (nSPS) is 23.0. The van der Waals surface area contributed by atoms with E-state index in [0.29, 0.717) is 10.8 Å². The van der Waals surface area contributed by atoms with Crippen LogP contribution in [-0.2, 0) is 10.0 Å². The van der Waals surface area contributed by atoms with Gasteiger partial charge in [0.15, 0.2) is 0 Å². The number of hydrogen-bond acceptors (Lipinski definition) is 4. The molecule has 1 aromatic heterocycles. The topological polar surface area (TPSA) is 83.5 Å². The lowest BCUT2D eigenvalue weighted by Crippen LogP contribution is -2.27. The summed E-state index contributed by atoms with van der Waals surface area (Å²) in [5.41, 5.74) is 0. The molecule has 0 amide bonds. The largest absolute Gasteiger partial charge is 0.477 e. The molecule has 2 rings (SSSR count). The van der Waals surface area contributed by atoms with Gasteiger partial charge >= 0.3 is 5.97 Å². The SMILES string of the molecule is CCC1CC1NS(=O)(=O)c1cc(C(=O)O)sc1C. The van der Waals surface area contributed by atoms with Crippen LogP contribution in [0.4, 0.5) is 0 Å². The van der Waals surface area contributed by atoms with E-state index >= 15 is 0 Å². The molecular formula is C11H15NO4S2. The predicted octanol–water partition coefficient (Wildman–Crippen LogP) is 1.83. The number of aryl methyl sites for hydroxylation is 1. The first-order valence-electron chi connectivity index (χ1n) is 5.71. The van der Waals surface area contributed by atoms with Crippen molar-refractivity contribution in [3.63, 3.8) is 0 Å². The van der Waals surface area contributed by atoms with Crippen molar-refractivity contribution in [3.05, 3.63) is 15.8 Å². The van der Waals surface area contributed by atoms with Crippen LogP contribution in [0.5, 0.6) is 0 Å². The molecular weight excluding hydrogens is 274 g/mol. The molecule has 100 valence electrons. The average molecular weight is 289 g/mol. The third-order valence-corrected chi connectivity index (χ3v) is 5.91. The molecule has 0 spiro atoms. The molecule has 0 saturated heterocycles. The summed E-state index contributed by atoms with van der Waals surface area (Å²) in [7, 11) is -3.59. The van der Waals surface area contributed by atoms with Crippen molar-refractivity contribution in [3.8, 4) is 0 Å². The standard InChI is InChI=1S/C11H15NO4S2/c1-3-7-4-8(7)12-18(15,16)10-5-9(11(13)14)17-6(10)2/h5,7-8,12H,3-4H2,1-2H3,(H,13,14). The van der Waals surface area contributed by atoms with Crippen LogP contribution >= 0.6 is 11.3 Å². The van der Waals surface area contributed by atoms with Gasteiger partial charge in [-0.15, -0.1) is 11.3 Å². The number of sulfonamides is 1. The van der Waals surface area contributed by atoms with Crippen LogP contribution in [0.1, 0.15) is 34.3 Å². The van der Waals surface area contributed by atoms with Crippen LogP contribution in [0, 0.1) is 12.8 Å². The van der Waals surface area contributed by atoms with Crippen molar-refractivity contribution in [1.82, 2.24) is 4.72 Å². The molecule has 0 bridgehead atoms. The van der Waals surface area contributed by atoms with Gasteiger partial charge in [-0.3, -0.25) is 0 Å². The van der Waals surface area contributed by atoms with Crippen molar-refractivity contribution in [2.24, 2.45) is 5.92 Å². The van der Waals surface area contributed by atoms with Gasteiger partial charge in [0.05, 0.1) is 4.90 Å². The number of hydrogen-bond donors (Lipinski definition) is 2. The van der Waals surface area contributed by atoms with Crippen molar-refractivity contribution in [2.45, 2.75) is 37.6 Å². The zero-order chi connectivity index (χ0) is 13.5. The maximum absolute atomic E-state index is 12.1. The Morgan fingerprint density at radius 1 is 1.61 bits per heavy atom. The number of carboxylic acids is 1. The summed E-state index contributed by atoms with van der Waals surface area (Å²) in [6.45, 7) is 3.65. The zero-order valence-electron chi connectivity index (χ0n) is 10.1. The van der Waals surface area contributed by atoms with Crippen molar-refractivity contribution >= 4 is 27.3 Å². The lowest BCUT2D eigenvalue weighted by molar-refractivity contribution is 0.0702. The van der Waals surface area contributed by atoms with Crippen LogP contribution in [0.2, 0.25) is 0 Å². The molecule has 7 heteroatoms. The molecule has 1 saturated carbocycles. The molecule has 2 unspecified atom stereocenters. The Bertz CT molecular complexity index is 576. The van der Waals surface area contributed by atoms with Gasteiger partial charge in [0.25, 0.3) is 0 Å². The van der Waals surface area contributed by atoms with E-state index in [9.17, 15) is 13.2 Å². The van der Waals surface area contributed by atoms with E-state index in [0.717, 1.165) is 24.2 Å². The molecule has 0 aliphatic heterocycles. The number of carboxylic acid groups (broad SMARTS) is 1. The molecule has 2 N–H and O–H groups in total. The van der Waals surface area contributed by atoms with Crippen LogP contribution in [-0.4, -0.2) is 25.5 Å². The molecule has 5 nitrogen and oxygen atoms in total. The Morgan fingerprint density at radius 2 is 2.28 bits per heavy atom. The summed E-state index contributed by atoms with van der Waals surface area (Å²) in [5.74, 6) is -0.680. The minimum Gasteiger partial charge on any atom is -0.477 e. The summed E-state index contributed by atoms with van der Waals surface area (Å²) >= 11 is 0.985. The monoisotopic (exact) mass is 289 g/mol. The molecule has 0 aromatic carbocycles. The highest BCUT2D eigenvalue weighted by molar-refractivity contribution is 7.89. The minimum atomic E-state index is -3.59. The van der Waals surface area contributed by atoms with E-state index in [-0.39, 0.29) is 15.8 Å². The van der Waals surface area contributed by atoms with E-state index in [1.807, 2.05) is 6.92 Å². The third-order valence-electron chi connectivity index (χ3n) is 3.13. The van der Waals surface area contributed by atoms with Gasteiger partial charge in [0, 0.05) is 10.9 Å². The van der Waals surface area contributed by atoms with Crippen LogP contribution in [0.15, 0.2) is 11.0 Å². The highest BCUT2D eigenvalue weighted by atomic mass is 32.2.